The molecule has 0 heterocycles. The van der Waals surface area contributed by atoms with Crippen LogP contribution in [0.25, 0.3) is 0 Å². The van der Waals surface area contributed by atoms with Crippen molar-refractivity contribution in [3.05, 3.63) is 70.9 Å². The van der Waals surface area contributed by atoms with Gasteiger partial charge in [-0.15, -0.1) is 13.2 Å². The maximum absolute atomic E-state index is 10.6. The third-order valence-electron chi connectivity index (χ3n) is 2.50. The van der Waals surface area contributed by atoms with Crippen LogP contribution in [0.1, 0.15) is 27.7 Å². The van der Waals surface area contributed by atoms with E-state index in [9.17, 15) is 10.2 Å². The first-order valence-electron chi connectivity index (χ1n) is 6.68. The molecular weight excluding hydrogens is 294 g/mol. The Bertz CT molecular complexity index is 467. The van der Waals surface area contributed by atoms with Crippen LogP contribution in [0.5, 0.6) is 0 Å². The van der Waals surface area contributed by atoms with Gasteiger partial charge < -0.3 is 10.2 Å². The van der Waals surface area contributed by atoms with Crippen molar-refractivity contribution >= 4 is 0 Å². The second kappa shape index (κ2) is 17.7. The second-order valence-electron chi connectivity index (χ2n) is 4.86. The molecule has 0 aliphatic carbocycles. The molecule has 110 valence electrons. The molecule has 0 aromatic heterocycles. The molecule has 0 amide bonds. The Balaban J connectivity index is -0.00000180. The molecule has 0 saturated heterocycles. The SMILES string of the molecule is CC(/C=C/C=C(\C)C[O-])=C\C=C\C=C(C)\C=C(/C)C[O-].[Na+].[Na+]. The third-order valence-corrected chi connectivity index (χ3v) is 2.50. The molecule has 0 saturated carbocycles. The monoisotopic (exact) mass is 318 g/mol. The minimum Gasteiger partial charge on any atom is -0.851 e. The summed E-state index contributed by atoms with van der Waals surface area (Å²) < 4.78 is 0. The maximum atomic E-state index is 10.6. The maximum Gasteiger partial charge on any atom is 1.00 e. The summed E-state index contributed by atoms with van der Waals surface area (Å²) in [5.41, 5.74) is 3.82. The van der Waals surface area contributed by atoms with Gasteiger partial charge in [-0.05, 0) is 27.7 Å². The Morgan fingerprint density at radius 1 is 0.682 bits per heavy atom. The van der Waals surface area contributed by atoms with Crippen molar-refractivity contribution in [3.63, 3.8) is 0 Å². The Kier molecular flexibility index (Phi) is 21.9. The van der Waals surface area contributed by atoms with Crippen molar-refractivity contribution in [3.8, 4) is 0 Å². The fourth-order valence-corrected chi connectivity index (χ4v) is 1.36. The van der Waals surface area contributed by atoms with Crippen LogP contribution in [0, 0.1) is 0 Å². The molecule has 4 heteroatoms. The van der Waals surface area contributed by atoms with Crippen LogP contribution in [0.2, 0.25) is 0 Å². The predicted molar refractivity (Wildman–Crippen MR) is 83.0 cm³/mol. The zero-order valence-corrected chi connectivity index (χ0v) is 18.8. The molecule has 0 radical (unpaired) electrons. The van der Waals surface area contributed by atoms with Crippen molar-refractivity contribution < 1.29 is 69.3 Å². The summed E-state index contributed by atoms with van der Waals surface area (Å²) in [6.07, 6.45) is 15.4. The van der Waals surface area contributed by atoms with Crippen LogP contribution in [-0.4, -0.2) is 13.2 Å². The number of hydrogen-bond acceptors (Lipinski definition) is 2. The summed E-state index contributed by atoms with van der Waals surface area (Å²) >= 11 is 0. The molecule has 0 atom stereocenters. The third kappa shape index (κ3) is 16.7. The molecule has 0 aliphatic rings. The standard InChI is InChI=1S/C18H24O2.2Na/c1-15(10-7-11-17(3)13-19)8-5-6-9-16(2)12-18(4)14-20;;/h5-12H,13-14H2,1-4H3;;/q-2;2*+1/b6-5+,10-7+,15-8+,16-9+,17-11+,18-12+;;. The predicted octanol–water partition coefficient (Wildman–Crippen LogP) is -3.39. The van der Waals surface area contributed by atoms with Gasteiger partial charge in [-0.2, -0.15) is 0 Å². The van der Waals surface area contributed by atoms with E-state index in [2.05, 4.69) is 0 Å². The van der Waals surface area contributed by atoms with Crippen molar-refractivity contribution in [2.75, 3.05) is 13.2 Å². The Morgan fingerprint density at radius 2 is 1.18 bits per heavy atom. The minimum atomic E-state index is -0.159. The van der Waals surface area contributed by atoms with E-state index in [4.69, 9.17) is 0 Å². The zero-order chi connectivity index (χ0) is 15.4. The molecule has 22 heavy (non-hydrogen) atoms. The first-order chi connectivity index (χ1) is 9.49. The normalized spacial score (nSPS) is 14.3. The first kappa shape index (κ1) is 27.2. The number of rotatable bonds is 7. The van der Waals surface area contributed by atoms with Crippen LogP contribution < -0.4 is 69.3 Å². The van der Waals surface area contributed by atoms with Crippen LogP contribution in [-0.2, 0) is 0 Å². The summed E-state index contributed by atoms with van der Waals surface area (Å²) in [6, 6.07) is 0. The summed E-state index contributed by atoms with van der Waals surface area (Å²) in [4.78, 5) is 0. The van der Waals surface area contributed by atoms with Gasteiger partial charge in [0.25, 0.3) is 0 Å². The molecule has 0 N–H and O–H groups in total. The molecule has 0 rings (SSSR count). The Morgan fingerprint density at radius 3 is 1.68 bits per heavy atom. The molecule has 0 aliphatic heterocycles. The van der Waals surface area contributed by atoms with Gasteiger partial charge in [-0.1, -0.05) is 70.9 Å². The molecule has 2 nitrogen and oxygen atoms in total. The van der Waals surface area contributed by atoms with Gasteiger partial charge in [0.15, 0.2) is 0 Å². The van der Waals surface area contributed by atoms with Crippen LogP contribution in [0.3, 0.4) is 0 Å². The van der Waals surface area contributed by atoms with E-state index in [-0.39, 0.29) is 72.3 Å². The van der Waals surface area contributed by atoms with E-state index in [0.29, 0.717) is 0 Å². The summed E-state index contributed by atoms with van der Waals surface area (Å²) in [5.74, 6) is 0. The van der Waals surface area contributed by atoms with Crippen molar-refractivity contribution in [2.45, 2.75) is 27.7 Å². The van der Waals surface area contributed by atoms with Gasteiger partial charge in [0.2, 0.25) is 0 Å². The minimum absolute atomic E-state index is 0. The first-order valence-corrected chi connectivity index (χ1v) is 6.68. The second-order valence-corrected chi connectivity index (χ2v) is 4.86. The summed E-state index contributed by atoms with van der Waals surface area (Å²) in [7, 11) is 0. The van der Waals surface area contributed by atoms with Crippen molar-refractivity contribution in [2.24, 2.45) is 0 Å². The van der Waals surface area contributed by atoms with Crippen molar-refractivity contribution in [1.82, 2.24) is 0 Å². The molecule has 0 aromatic carbocycles. The molecule has 0 aromatic rings. The number of allylic oxidation sites excluding steroid dienone is 10. The summed E-state index contributed by atoms with van der Waals surface area (Å²) in [5, 5.41) is 21.1. The summed E-state index contributed by atoms with van der Waals surface area (Å²) in [6.45, 7) is 7.31. The smallest absolute Gasteiger partial charge is 0.851 e. The van der Waals surface area contributed by atoms with Crippen molar-refractivity contribution in [1.29, 1.82) is 0 Å². The largest absolute Gasteiger partial charge is 1.00 e. The van der Waals surface area contributed by atoms with Crippen LogP contribution >= 0.6 is 0 Å². The zero-order valence-electron chi connectivity index (χ0n) is 14.8. The van der Waals surface area contributed by atoms with E-state index in [0.717, 1.165) is 22.3 Å². The number of hydrogen-bond donors (Lipinski definition) is 0. The average molecular weight is 318 g/mol. The van der Waals surface area contributed by atoms with E-state index in [1.807, 2.05) is 76.3 Å². The topological polar surface area (TPSA) is 46.1 Å². The van der Waals surface area contributed by atoms with Gasteiger partial charge in [-0.3, -0.25) is 0 Å². The van der Waals surface area contributed by atoms with Gasteiger partial charge in [0.1, 0.15) is 0 Å². The molecule has 0 bridgehead atoms. The average Bonchev–Trinajstić information content (AvgIpc) is 2.43. The van der Waals surface area contributed by atoms with Crippen LogP contribution in [0.4, 0.5) is 0 Å². The van der Waals surface area contributed by atoms with E-state index >= 15 is 0 Å². The van der Waals surface area contributed by atoms with Crippen LogP contribution in [0.15, 0.2) is 70.9 Å². The quantitative estimate of drug-likeness (QED) is 0.363. The Labute approximate surface area is 179 Å². The molecular formula is C18H24Na2O2. The molecule has 0 spiro atoms. The fourth-order valence-electron chi connectivity index (χ4n) is 1.36. The van der Waals surface area contributed by atoms with E-state index in [1.54, 1.807) is 0 Å². The van der Waals surface area contributed by atoms with Gasteiger partial charge in [0, 0.05) is 0 Å². The Hall–Kier alpha value is 0.360. The van der Waals surface area contributed by atoms with Gasteiger partial charge >= 0.3 is 59.1 Å². The molecule has 0 fully saturated rings. The van der Waals surface area contributed by atoms with Gasteiger partial charge in [-0.25, -0.2) is 0 Å². The van der Waals surface area contributed by atoms with Gasteiger partial charge in [0.05, 0.1) is 0 Å². The van der Waals surface area contributed by atoms with E-state index in [1.165, 1.54) is 0 Å². The van der Waals surface area contributed by atoms with E-state index < -0.39 is 0 Å². The molecule has 0 unspecified atom stereocenters. The fraction of sp³-hybridized carbons (Fsp3) is 0.333.